The molecule has 0 unspecified atom stereocenters. The van der Waals surface area contributed by atoms with E-state index in [0.29, 0.717) is 0 Å². The summed E-state index contributed by atoms with van der Waals surface area (Å²) in [6.45, 7) is 7.28. The number of furan rings is 1. The maximum atomic E-state index is 10.6. The molecule has 5 rings (SSSR count). The largest absolute Gasteiger partial charge is 0.456 e. The van der Waals surface area contributed by atoms with Gasteiger partial charge in [-0.3, -0.25) is 0 Å². The van der Waals surface area contributed by atoms with Crippen LogP contribution in [0.1, 0.15) is 27.7 Å². The van der Waals surface area contributed by atoms with Gasteiger partial charge >= 0.3 is 7.48 Å². The minimum atomic E-state index is -1.02. The summed E-state index contributed by atoms with van der Waals surface area (Å²) in [4.78, 5) is 4.89. The normalized spacial score (nSPS) is 12.8. The monoisotopic (exact) mass is 428 g/mol. The lowest BCUT2D eigenvalue weighted by atomic mass is 9.80. The highest BCUT2D eigenvalue weighted by Gasteiger charge is 2.36. The molecule has 0 saturated heterocycles. The van der Waals surface area contributed by atoms with Crippen LogP contribution >= 0.6 is 11.3 Å². The molecule has 2 heterocycles. The van der Waals surface area contributed by atoms with Gasteiger partial charge in [0.1, 0.15) is 16.2 Å². The third kappa shape index (κ3) is 3.45. The van der Waals surface area contributed by atoms with Gasteiger partial charge in [0.25, 0.3) is 0 Å². The van der Waals surface area contributed by atoms with E-state index in [0.717, 1.165) is 48.2 Å². The maximum absolute atomic E-state index is 10.6. The Kier molecular flexibility index (Phi) is 4.70. The summed E-state index contributed by atoms with van der Waals surface area (Å²) in [5.41, 5.74) is 2.67. The number of aromatic nitrogens is 1. The summed E-state index contributed by atoms with van der Waals surface area (Å²) >= 11 is 1.64. The highest BCUT2D eigenvalue weighted by molar-refractivity contribution is 7.23. The van der Waals surface area contributed by atoms with Gasteiger partial charge < -0.3 is 14.2 Å². The van der Waals surface area contributed by atoms with Crippen molar-refractivity contribution in [2.24, 2.45) is 0 Å². The van der Waals surface area contributed by atoms with Crippen LogP contribution in [0.25, 0.3) is 42.7 Å². The molecule has 31 heavy (non-hydrogen) atoms. The second kappa shape index (κ2) is 7.19. The van der Waals surface area contributed by atoms with Gasteiger partial charge in [0.2, 0.25) is 0 Å². The first-order chi connectivity index (χ1) is 14.7. The molecule has 5 aromatic rings. The molecule has 6 heteroatoms. The molecule has 1 radical (unpaired) electrons. The molecule has 2 aromatic heterocycles. The van der Waals surface area contributed by atoms with Crippen LogP contribution in [0.2, 0.25) is 0 Å². The number of fused-ring (bicyclic) bond motifs is 4. The van der Waals surface area contributed by atoms with Crippen molar-refractivity contribution >= 4 is 56.4 Å². The molecule has 4 nitrogen and oxygen atoms in total. The standard InChI is InChI=1S/C25H23BNO3S/c1-24(2,28)25(3,4)30-26-21-20-16-12-8-9-13-18(16)29-19(20)14-17-22(21)31-23(27-17)15-10-6-5-7-11-15/h5-14,28H,1-4H3. The van der Waals surface area contributed by atoms with E-state index in [1.54, 1.807) is 32.7 Å². The Hall–Kier alpha value is -2.67. The Morgan fingerprint density at radius 1 is 0.968 bits per heavy atom. The minimum Gasteiger partial charge on any atom is -0.456 e. The van der Waals surface area contributed by atoms with E-state index in [9.17, 15) is 5.11 Å². The number of nitrogens with zero attached hydrogens (tertiary/aromatic N) is 1. The van der Waals surface area contributed by atoms with Crippen molar-refractivity contribution in [2.45, 2.75) is 38.9 Å². The molecule has 0 aliphatic heterocycles. The average molecular weight is 428 g/mol. The fraction of sp³-hybridized carbons (Fsp3) is 0.240. The van der Waals surface area contributed by atoms with Gasteiger partial charge in [-0.2, -0.15) is 0 Å². The first-order valence-corrected chi connectivity index (χ1v) is 11.1. The summed E-state index contributed by atoms with van der Waals surface area (Å²) < 4.78 is 13.4. The lowest BCUT2D eigenvalue weighted by molar-refractivity contribution is -0.0892. The molecule has 0 bridgehead atoms. The summed E-state index contributed by atoms with van der Waals surface area (Å²) in [5, 5.41) is 13.5. The Bertz CT molecular complexity index is 1400. The van der Waals surface area contributed by atoms with Crippen LogP contribution in [0.5, 0.6) is 0 Å². The molecule has 1 N–H and O–H groups in total. The van der Waals surface area contributed by atoms with E-state index in [1.807, 2.05) is 56.3 Å². The van der Waals surface area contributed by atoms with Crippen molar-refractivity contribution in [3.05, 3.63) is 60.7 Å². The van der Waals surface area contributed by atoms with Crippen molar-refractivity contribution < 1.29 is 14.2 Å². The average Bonchev–Trinajstić information content (AvgIpc) is 3.32. The lowest BCUT2D eigenvalue weighted by Gasteiger charge is -2.37. The minimum absolute atomic E-state index is 0.773. The van der Waals surface area contributed by atoms with Crippen molar-refractivity contribution in [3.63, 3.8) is 0 Å². The van der Waals surface area contributed by atoms with Crippen LogP contribution in [-0.4, -0.2) is 28.8 Å². The summed E-state index contributed by atoms with van der Waals surface area (Å²) in [6, 6.07) is 20.2. The van der Waals surface area contributed by atoms with Gasteiger partial charge in [0, 0.05) is 22.4 Å². The zero-order valence-electron chi connectivity index (χ0n) is 18.0. The lowest BCUT2D eigenvalue weighted by Crippen LogP contribution is -2.49. The van der Waals surface area contributed by atoms with E-state index < -0.39 is 11.2 Å². The third-order valence-electron chi connectivity index (χ3n) is 6.02. The molecule has 0 fully saturated rings. The zero-order valence-corrected chi connectivity index (χ0v) is 18.8. The fourth-order valence-electron chi connectivity index (χ4n) is 3.47. The van der Waals surface area contributed by atoms with Crippen molar-refractivity contribution in [1.82, 2.24) is 4.98 Å². The second-order valence-electron chi connectivity index (χ2n) is 8.80. The molecule has 0 aliphatic rings. The molecule has 155 valence electrons. The van der Waals surface area contributed by atoms with Gasteiger partial charge in [-0.1, -0.05) is 48.5 Å². The van der Waals surface area contributed by atoms with E-state index in [1.165, 1.54) is 0 Å². The molecule has 3 aromatic carbocycles. The molecular formula is C25H23BNO3S. The van der Waals surface area contributed by atoms with Crippen LogP contribution < -0.4 is 5.46 Å². The summed E-state index contributed by atoms with van der Waals surface area (Å²) in [7, 11) is 1.76. The van der Waals surface area contributed by atoms with Crippen molar-refractivity contribution in [3.8, 4) is 10.6 Å². The smallest absolute Gasteiger partial charge is 0.333 e. The quantitative estimate of drug-likeness (QED) is 0.367. The van der Waals surface area contributed by atoms with E-state index >= 15 is 0 Å². The first kappa shape index (κ1) is 20.2. The predicted molar refractivity (Wildman–Crippen MR) is 129 cm³/mol. The third-order valence-corrected chi connectivity index (χ3v) is 7.18. The first-order valence-electron chi connectivity index (χ1n) is 10.3. The van der Waals surface area contributed by atoms with E-state index in [2.05, 4.69) is 18.2 Å². The maximum Gasteiger partial charge on any atom is 0.333 e. The predicted octanol–water partition coefficient (Wildman–Crippen LogP) is 5.67. The van der Waals surface area contributed by atoms with Gasteiger partial charge in [-0.15, -0.1) is 11.3 Å². The molecule has 0 spiro atoms. The van der Waals surface area contributed by atoms with Crippen LogP contribution in [0, 0.1) is 0 Å². The van der Waals surface area contributed by atoms with Gasteiger partial charge in [-0.25, -0.2) is 4.98 Å². The number of aliphatic hydroxyl groups is 1. The number of rotatable bonds is 5. The molecule has 0 saturated carbocycles. The highest BCUT2D eigenvalue weighted by atomic mass is 32.1. The van der Waals surface area contributed by atoms with Crippen molar-refractivity contribution in [1.29, 1.82) is 0 Å². The SMILES string of the molecule is CC(C)(O)C(C)(C)O[B]c1c2sc(-c3ccccc3)nc2cc2oc3ccccc3c12. The molecule has 0 atom stereocenters. The Balaban J connectivity index is 1.74. The van der Waals surface area contributed by atoms with Crippen LogP contribution in [-0.2, 0) is 4.65 Å². The Morgan fingerprint density at radius 3 is 2.42 bits per heavy atom. The molecule has 0 aliphatic carbocycles. The van der Waals surface area contributed by atoms with Gasteiger partial charge in [-0.05, 0) is 39.2 Å². The highest BCUT2D eigenvalue weighted by Crippen LogP contribution is 2.36. The van der Waals surface area contributed by atoms with Gasteiger partial charge in [0.15, 0.2) is 0 Å². The molecule has 0 amide bonds. The van der Waals surface area contributed by atoms with Crippen molar-refractivity contribution in [2.75, 3.05) is 0 Å². The van der Waals surface area contributed by atoms with Gasteiger partial charge in [0.05, 0.1) is 21.4 Å². The van der Waals surface area contributed by atoms with E-state index in [-0.39, 0.29) is 0 Å². The molecular weight excluding hydrogens is 405 g/mol. The number of hydrogen-bond acceptors (Lipinski definition) is 5. The fourth-order valence-corrected chi connectivity index (χ4v) is 4.53. The number of hydrogen-bond donors (Lipinski definition) is 1. The number of benzene rings is 3. The Morgan fingerprint density at radius 2 is 1.68 bits per heavy atom. The summed E-state index contributed by atoms with van der Waals surface area (Å²) in [6.07, 6.45) is 0. The summed E-state index contributed by atoms with van der Waals surface area (Å²) in [5.74, 6) is 0. The van der Waals surface area contributed by atoms with E-state index in [4.69, 9.17) is 14.1 Å². The van der Waals surface area contributed by atoms with Crippen LogP contribution in [0.15, 0.2) is 65.1 Å². The Labute approximate surface area is 185 Å². The topological polar surface area (TPSA) is 55.5 Å². The van der Waals surface area contributed by atoms with Crippen LogP contribution in [0.3, 0.4) is 0 Å². The number of thiazole rings is 1. The number of para-hydroxylation sites is 1. The zero-order chi connectivity index (χ0) is 21.8. The van der Waals surface area contributed by atoms with Crippen LogP contribution in [0.4, 0.5) is 0 Å². The second-order valence-corrected chi connectivity index (χ2v) is 9.80.